The summed E-state index contributed by atoms with van der Waals surface area (Å²) in [6, 6.07) is -4.68. The van der Waals surface area contributed by atoms with Crippen molar-refractivity contribution in [2.24, 2.45) is 17.4 Å². The van der Waals surface area contributed by atoms with E-state index in [1.54, 1.807) is 13.8 Å². The van der Waals surface area contributed by atoms with Crippen LogP contribution in [0.3, 0.4) is 0 Å². The maximum atomic E-state index is 13.0. The van der Waals surface area contributed by atoms with Crippen molar-refractivity contribution in [3.05, 3.63) is 18.2 Å². The Kier molecular flexibility index (Phi) is 12.8. The lowest BCUT2D eigenvalue weighted by Gasteiger charge is -2.26. The van der Waals surface area contributed by atoms with Gasteiger partial charge in [0.25, 0.3) is 0 Å². The van der Waals surface area contributed by atoms with Crippen LogP contribution in [0.1, 0.15) is 38.8 Å². The number of carboxylic acids is 1. The van der Waals surface area contributed by atoms with Gasteiger partial charge in [0.1, 0.15) is 18.1 Å². The molecule has 1 rings (SSSR count). The van der Waals surface area contributed by atoms with E-state index in [9.17, 15) is 29.1 Å². The third kappa shape index (κ3) is 10.3. The van der Waals surface area contributed by atoms with E-state index in [2.05, 4.69) is 25.9 Å². The Bertz CT molecular complexity index is 866. The smallest absolute Gasteiger partial charge is 0.326 e. The lowest BCUT2D eigenvalue weighted by atomic mass is 9.98. The zero-order valence-electron chi connectivity index (χ0n) is 20.1. The van der Waals surface area contributed by atoms with Crippen LogP contribution in [0.2, 0.25) is 0 Å². The molecule has 0 saturated heterocycles. The van der Waals surface area contributed by atoms with Crippen LogP contribution in [0.5, 0.6) is 0 Å². The van der Waals surface area contributed by atoms with Crippen molar-refractivity contribution >= 4 is 41.4 Å². The van der Waals surface area contributed by atoms with Crippen LogP contribution in [0.25, 0.3) is 0 Å². The van der Waals surface area contributed by atoms with E-state index >= 15 is 0 Å². The van der Waals surface area contributed by atoms with Gasteiger partial charge in [0.2, 0.25) is 23.6 Å². The lowest BCUT2D eigenvalue weighted by Crippen LogP contribution is -2.58. The largest absolute Gasteiger partial charge is 0.480 e. The number of aromatic nitrogens is 2. The number of primary amides is 1. The SMILES string of the molecule is CCC(C)C(NC(=O)C(Cc1cnc[nH]1)NC(=O)C(CC(N)=O)NC(=O)C(N)CCSC)C(=O)O. The minimum Gasteiger partial charge on any atom is -0.480 e. The highest BCUT2D eigenvalue weighted by atomic mass is 32.2. The Morgan fingerprint density at radius 3 is 2.26 bits per heavy atom. The molecule has 196 valence electrons. The average molecular weight is 514 g/mol. The molecule has 4 amide bonds. The molecule has 14 heteroatoms. The van der Waals surface area contributed by atoms with Crippen LogP contribution in [0.15, 0.2) is 12.5 Å². The van der Waals surface area contributed by atoms with Crippen LogP contribution in [-0.4, -0.2) is 80.8 Å². The molecule has 0 saturated carbocycles. The third-order valence-electron chi connectivity index (χ3n) is 5.40. The maximum absolute atomic E-state index is 13.0. The number of nitrogens with two attached hydrogens (primary N) is 2. The number of carbonyl (C=O) groups excluding carboxylic acids is 4. The van der Waals surface area contributed by atoms with Gasteiger partial charge in [-0.2, -0.15) is 11.8 Å². The molecule has 0 aliphatic rings. The number of rotatable bonds is 16. The zero-order valence-corrected chi connectivity index (χ0v) is 20.9. The molecule has 0 radical (unpaired) electrons. The van der Waals surface area contributed by atoms with Crippen molar-refractivity contribution in [3.63, 3.8) is 0 Å². The van der Waals surface area contributed by atoms with E-state index < -0.39 is 60.2 Å². The molecule has 5 unspecified atom stereocenters. The number of hydrogen-bond acceptors (Lipinski definition) is 8. The fraction of sp³-hybridized carbons (Fsp3) is 0.619. The molecule has 1 aromatic rings. The number of aliphatic carboxylic acids is 1. The molecule has 0 aliphatic carbocycles. The molecule has 35 heavy (non-hydrogen) atoms. The van der Waals surface area contributed by atoms with Gasteiger partial charge in [0.15, 0.2) is 0 Å². The molecule has 0 aliphatic heterocycles. The monoisotopic (exact) mass is 513 g/mol. The molecule has 1 aromatic heterocycles. The predicted octanol–water partition coefficient (Wildman–Crippen LogP) is -1.51. The van der Waals surface area contributed by atoms with Crippen LogP contribution >= 0.6 is 11.8 Å². The molecule has 9 N–H and O–H groups in total. The number of hydrogen-bond donors (Lipinski definition) is 7. The molecular weight excluding hydrogens is 478 g/mol. The number of carboxylic acid groups (broad SMARTS) is 1. The highest BCUT2D eigenvalue weighted by Gasteiger charge is 2.32. The molecule has 0 spiro atoms. The number of aromatic amines is 1. The van der Waals surface area contributed by atoms with Gasteiger partial charge in [0, 0.05) is 18.3 Å². The summed E-state index contributed by atoms with van der Waals surface area (Å²) >= 11 is 1.50. The van der Waals surface area contributed by atoms with Crippen molar-refractivity contribution in [2.45, 2.75) is 63.7 Å². The predicted molar refractivity (Wildman–Crippen MR) is 130 cm³/mol. The minimum absolute atomic E-state index is 0.0467. The van der Waals surface area contributed by atoms with Gasteiger partial charge in [-0.1, -0.05) is 20.3 Å². The second-order valence-corrected chi connectivity index (χ2v) is 9.16. The first-order valence-corrected chi connectivity index (χ1v) is 12.5. The summed E-state index contributed by atoms with van der Waals surface area (Å²) in [5.74, 6) is -4.04. The van der Waals surface area contributed by atoms with E-state index in [1.165, 1.54) is 24.3 Å². The molecule has 5 atom stereocenters. The Hall–Kier alpha value is -3.13. The minimum atomic E-state index is -1.37. The zero-order chi connectivity index (χ0) is 26.5. The van der Waals surface area contributed by atoms with Crippen LogP contribution in [-0.2, 0) is 30.4 Å². The molecule has 0 fully saturated rings. The van der Waals surface area contributed by atoms with Crippen molar-refractivity contribution in [1.82, 2.24) is 25.9 Å². The number of imidazole rings is 1. The Morgan fingerprint density at radius 1 is 1.11 bits per heavy atom. The summed E-state index contributed by atoms with van der Waals surface area (Å²) in [6.07, 6.45) is 4.98. The highest BCUT2D eigenvalue weighted by Crippen LogP contribution is 2.09. The normalized spacial score (nSPS) is 15.2. The Balaban J connectivity index is 3.07. The fourth-order valence-electron chi connectivity index (χ4n) is 3.10. The van der Waals surface area contributed by atoms with Crippen LogP contribution in [0, 0.1) is 5.92 Å². The van der Waals surface area contributed by atoms with E-state index in [4.69, 9.17) is 11.5 Å². The van der Waals surface area contributed by atoms with Crippen molar-refractivity contribution in [3.8, 4) is 0 Å². The number of amides is 4. The van der Waals surface area contributed by atoms with Crippen molar-refractivity contribution in [1.29, 1.82) is 0 Å². The summed E-state index contributed by atoms with van der Waals surface area (Å²) in [6.45, 7) is 3.47. The third-order valence-corrected chi connectivity index (χ3v) is 6.04. The Labute approximate surface area is 207 Å². The summed E-state index contributed by atoms with van der Waals surface area (Å²) in [5.41, 5.74) is 11.6. The highest BCUT2D eigenvalue weighted by molar-refractivity contribution is 7.98. The maximum Gasteiger partial charge on any atom is 0.326 e. The Morgan fingerprint density at radius 2 is 1.74 bits per heavy atom. The number of carbonyl (C=O) groups is 5. The van der Waals surface area contributed by atoms with E-state index in [0.717, 1.165) is 0 Å². The van der Waals surface area contributed by atoms with Gasteiger partial charge < -0.3 is 37.5 Å². The average Bonchev–Trinajstić information content (AvgIpc) is 3.31. The van der Waals surface area contributed by atoms with Crippen LogP contribution < -0.4 is 27.4 Å². The fourth-order valence-corrected chi connectivity index (χ4v) is 3.59. The van der Waals surface area contributed by atoms with E-state index in [-0.39, 0.29) is 12.3 Å². The standard InChI is InChI=1S/C21H35N7O6S/c1-4-11(2)17(21(33)34)28-20(32)14(7-12-9-24-10-25-12)27-19(31)15(8-16(23)29)26-18(30)13(22)5-6-35-3/h9-11,13-15,17H,4-8,22H2,1-3H3,(H2,23,29)(H,24,25)(H,26,30)(H,27,31)(H,28,32)(H,33,34). The van der Waals surface area contributed by atoms with E-state index in [1.807, 2.05) is 6.26 Å². The van der Waals surface area contributed by atoms with Gasteiger partial charge in [0.05, 0.1) is 18.8 Å². The second kappa shape index (κ2) is 15.0. The molecule has 0 aromatic carbocycles. The topological polar surface area (TPSA) is 222 Å². The first kappa shape index (κ1) is 29.9. The van der Waals surface area contributed by atoms with Gasteiger partial charge in [-0.3, -0.25) is 19.2 Å². The molecule has 1 heterocycles. The van der Waals surface area contributed by atoms with E-state index in [0.29, 0.717) is 24.3 Å². The van der Waals surface area contributed by atoms with Crippen molar-refractivity contribution in [2.75, 3.05) is 12.0 Å². The quantitative estimate of drug-likeness (QED) is 0.136. The summed E-state index contributed by atoms with van der Waals surface area (Å²) in [5, 5.41) is 16.9. The lowest BCUT2D eigenvalue weighted by molar-refractivity contribution is -0.144. The van der Waals surface area contributed by atoms with Crippen molar-refractivity contribution < 1.29 is 29.1 Å². The van der Waals surface area contributed by atoms with Crippen LogP contribution in [0.4, 0.5) is 0 Å². The molecule has 13 nitrogen and oxygen atoms in total. The summed E-state index contributed by atoms with van der Waals surface area (Å²) < 4.78 is 0. The number of H-pyrrole nitrogens is 1. The van der Waals surface area contributed by atoms with Gasteiger partial charge in [-0.25, -0.2) is 9.78 Å². The van der Waals surface area contributed by atoms with Gasteiger partial charge >= 0.3 is 5.97 Å². The second-order valence-electron chi connectivity index (χ2n) is 8.17. The molecular formula is C21H35N7O6S. The summed E-state index contributed by atoms with van der Waals surface area (Å²) in [7, 11) is 0. The molecule has 0 bridgehead atoms. The first-order valence-electron chi connectivity index (χ1n) is 11.1. The van der Waals surface area contributed by atoms with Gasteiger partial charge in [-0.05, 0) is 24.3 Å². The number of nitrogens with zero attached hydrogens (tertiary/aromatic N) is 1. The number of thioether (sulfide) groups is 1. The first-order chi connectivity index (χ1) is 16.5. The number of nitrogens with one attached hydrogen (secondary N) is 4. The summed E-state index contributed by atoms with van der Waals surface area (Å²) in [4.78, 5) is 68.3. The van der Waals surface area contributed by atoms with Gasteiger partial charge in [-0.15, -0.1) is 0 Å².